The molecule has 0 unspecified atom stereocenters. The maximum Gasteiger partial charge on any atom is 0.145 e. The first-order valence-corrected chi connectivity index (χ1v) is 7.42. The van der Waals surface area contributed by atoms with Crippen LogP contribution >= 0.6 is 0 Å². The van der Waals surface area contributed by atoms with Gasteiger partial charge >= 0.3 is 0 Å². The van der Waals surface area contributed by atoms with Crippen LogP contribution < -0.4 is 5.32 Å². The third-order valence-corrected chi connectivity index (χ3v) is 3.69. The van der Waals surface area contributed by atoms with Crippen LogP contribution in [-0.4, -0.2) is 18.7 Å². The number of hydrogen-bond donors (Lipinski definition) is 1. The number of nitrogens with zero attached hydrogens (tertiary/aromatic N) is 2. The van der Waals surface area contributed by atoms with Crippen LogP contribution in [0.4, 0.5) is 5.82 Å². The molecule has 3 rings (SSSR count). The molecule has 4 heteroatoms. The van der Waals surface area contributed by atoms with E-state index in [4.69, 9.17) is 4.74 Å². The molecule has 0 saturated heterocycles. The van der Waals surface area contributed by atoms with Crippen molar-refractivity contribution in [3.63, 3.8) is 0 Å². The number of fused-ring (bicyclic) bond motifs is 1. The predicted molar refractivity (Wildman–Crippen MR) is 91.1 cm³/mol. The zero-order valence-corrected chi connectivity index (χ0v) is 12.9. The van der Waals surface area contributed by atoms with Crippen molar-refractivity contribution < 1.29 is 4.74 Å². The molecule has 0 amide bonds. The zero-order chi connectivity index (χ0) is 16.1. The molecular weight excluding hydrogens is 286 g/mol. The Morgan fingerprint density at radius 2 is 1.87 bits per heavy atom. The van der Waals surface area contributed by atoms with Crippen molar-refractivity contribution in [3.8, 4) is 6.07 Å². The summed E-state index contributed by atoms with van der Waals surface area (Å²) in [5.74, 6) is 0.581. The summed E-state index contributed by atoms with van der Waals surface area (Å²) in [6.45, 7) is 0.489. The van der Waals surface area contributed by atoms with Crippen LogP contribution in [0.2, 0.25) is 0 Å². The number of pyridine rings is 1. The molecule has 1 atom stereocenters. The van der Waals surface area contributed by atoms with E-state index in [9.17, 15) is 5.26 Å². The van der Waals surface area contributed by atoms with Gasteiger partial charge in [0.15, 0.2) is 0 Å². The number of rotatable bonds is 5. The summed E-state index contributed by atoms with van der Waals surface area (Å²) in [5.41, 5.74) is 2.48. The monoisotopic (exact) mass is 303 g/mol. The highest BCUT2D eigenvalue weighted by atomic mass is 16.5. The Hall–Kier alpha value is -2.90. The quantitative estimate of drug-likeness (QED) is 0.776. The maximum absolute atomic E-state index is 9.43. The summed E-state index contributed by atoms with van der Waals surface area (Å²) < 4.78 is 5.32. The normalized spacial score (nSPS) is 11.8. The minimum atomic E-state index is -0.0676. The fraction of sp³-hybridized carbons (Fsp3) is 0.158. The SMILES string of the molecule is COC[C@@H](Nc1nc2ccccc2cc1C#N)c1ccccc1. The number of nitriles is 1. The van der Waals surface area contributed by atoms with Crippen molar-refractivity contribution in [1.82, 2.24) is 4.98 Å². The summed E-state index contributed by atoms with van der Waals surface area (Å²) >= 11 is 0. The van der Waals surface area contributed by atoms with Crippen molar-refractivity contribution in [2.75, 3.05) is 19.0 Å². The van der Waals surface area contributed by atoms with E-state index in [1.54, 1.807) is 7.11 Å². The Morgan fingerprint density at radius 1 is 1.13 bits per heavy atom. The smallest absolute Gasteiger partial charge is 0.145 e. The lowest BCUT2D eigenvalue weighted by atomic mass is 10.1. The van der Waals surface area contributed by atoms with Gasteiger partial charge in [-0.15, -0.1) is 0 Å². The average Bonchev–Trinajstić information content (AvgIpc) is 2.61. The van der Waals surface area contributed by atoms with Crippen LogP contribution in [0.1, 0.15) is 17.2 Å². The second kappa shape index (κ2) is 6.91. The van der Waals surface area contributed by atoms with Crippen molar-refractivity contribution in [2.24, 2.45) is 0 Å². The number of ether oxygens (including phenoxy) is 1. The lowest BCUT2D eigenvalue weighted by Gasteiger charge is -2.20. The number of para-hydroxylation sites is 1. The van der Waals surface area contributed by atoms with E-state index in [0.717, 1.165) is 16.5 Å². The predicted octanol–water partition coefficient (Wildman–Crippen LogP) is 3.91. The molecule has 1 N–H and O–H groups in total. The van der Waals surface area contributed by atoms with Gasteiger partial charge in [0.05, 0.1) is 23.7 Å². The molecule has 0 fully saturated rings. The van der Waals surface area contributed by atoms with E-state index >= 15 is 0 Å². The van der Waals surface area contributed by atoms with Gasteiger partial charge in [0, 0.05) is 12.5 Å². The van der Waals surface area contributed by atoms with Gasteiger partial charge in [-0.25, -0.2) is 4.98 Å². The average molecular weight is 303 g/mol. The number of anilines is 1. The van der Waals surface area contributed by atoms with Gasteiger partial charge in [0.25, 0.3) is 0 Å². The molecule has 4 nitrogen and oxygen atoms in total. The lowest BCUT2D eigenvalue weighted by Crippen LogP contribution is -2.17. The highest BCUT2D eigenvalue weighted by molar-refractivity contribution is 5.82. The van der Waals surface area contributed by atoms with Crippen LogP contribution in [0, 0.1) is 11.3 Å². The number of aromatic nitrogens is 1. The molecule has 2 aromatic carbocycles. The Labute approximate surface area is 135 Å². The first-order valence-electron chi connectivity index (χ1n) is 7.42. The van der Waals surface area contributed by atoms with Gasteiger partial charge in [-0.2, -0.15) is 5.26 Å². The van der Waals surface area contributed by atoms with Crippen molar-refractivity contribution in [1.29, 1.82) is 5.26 Å². The van der Waals surface area contributed by atoms with Crippen LogP contribution in [0.3, 0.4) is 0 Å². The minimum absolute atomic E-state index is 0.0676. The summed E-state index contributed by atoms with van der Waals surface area (Å²) in [6, 6.07) is 21.8. The molecule has 0 aliphatic heterocycles. The van der Waals surface area contributed by atoms with Crippen molar-refractivity contribution >= 4 is 16.7 Å². The van der Waals surface area contributed by atoms with Crippen molar-refractivity contribution in [3.05, 3.63) is 71.8 Å². The Morgan fingerprint density at radius 3 is 2.61 bits per heavy atom. The number of methoxy groups -OCH3 is 1. The summed E-state index contributed by atoms with van der Waals surface area (Å²) in [6.07, 6.45) is 0. The molecule has 0 radical (unpaired) electrons. The van der Waals surface area contributed by atoms with E-state index in [-0.39, 0.29) is 6.04 Å². The maximum atomic E-state index is 9.43. The van der Waals surface area contributed by atoms with Crippen molar-refractivity contribution in [2.45, 2.75) is 6.04 Å². The van der Waals surface area contributed by atoms with E-state index in [1.165, 1.54) is 0 Å². The largest absolute Gasteiger partial charge is 0.382 e. The third kappa shape index (κ3) is 3.31. The van der Waals surface area contributed by atoms with Gasteiger partial charge in [-0.1, -0.05) is 48.5 Å². The van der Waals surface area contributed by atoms with Gasteiger partial charge < -0.3 is 10.1 Å². The van der Waals surface area contributed by atoms with E-state index in [0.29, 0.717) is 18.0 Å². The fourth-order valence-corrected chi connectivity index (χ4v) is 2.55. The molecule has 0 bridgehead atoms. The fourth-order valence-electron chi connectivity index (χ4n) is 2.55. The van der Waals surface area contributed by atoms with Gasteiger partial charge in [0.1, 0.15) is 11.9 Å². The second-order valence-electron chi connectivity index (χ2n) is 5.25. The van der Waals surface area contributed by atoms with Crippen LogP contribution in [0.25, 0.3) is 10.9 Å². The highest BCUT2D eigenvalue weighted by Crippen LogP contribution is 2.24. The summed E-state index contributed by atoms with van der Waals surface area (Å²) in [5, 5.41) is 13.7. The molecule has 1 heterocycles. The third-order valence-electron chi connectivity index (χ3n) is 3.69. The Bertz CT molecular complexity index is 840. The molecule has 3 aromatic rings. The van der Waals surface area contributed by atoms with E-state index < -0.39 is 0 Å². The Balaban J connectivity index is 1.99. The number of benzene rings is 2. The lowest BCUT2D eigenvalue weighted by molar-refractivity contribution is 0.186. The minimum Gasteiger partial charge on any atom is -0.382 e. The molecular formula is C19H17N3O. The standard InChI is InChI=1S/C19H17N3O/c1-23-13-18(14-7-3-2-4-8-14)22-19-16(12-20)11-15-9-5-6-10-17(15)21-19/h2-11,18H,13H2,1H3,(H,21,22)/t18-/m1/s1. The molecule has 0 spiro atoms. The topological polar surface area (TPSA) is 57.9 Å². The van der Waals surface area contributed by atoms with Gasteiger partial charge in [-0.05, 0) is 17.7 Å². The van der Waals surface area contributed by atoms with Gasteiger partial charge in [0.2, 0.25) is 0 Å². The number of nitrogens with one attached hydrogen (secondary N) is 1. The molecule has 0 aliphatic carbocycles. The first-order chi connectivity index (χ1) is 11.3. The van der Waals surface area contributed by atoms with E-state index in [1.807, 2.05) is 60.7 Å². The molecule has 23 heavy (non-hydrogen) atoms. The summed E-state index contributed by atoms with van der Waals surface area (Å²) in [4.78, 5) is 4.60. The van der Waals surface area contributed by atoms with E-state index in [2.05, 4.69) is 16.4 Å². The van der Waals surface area contributed by atoms with Crippen LogP contribution in [0.15, 0.2) is 60.7 Å². The second-order valence-corrected chi connectivity index (χ2v) is 5.25. The van der Waals surface area contributed by atoms with Gasteiger partial charge in [-0.3, -0.25) is 0 Å². The zero-order valence-electron chi connectivity index (χ0n) is 12.9. The summed E-state index contributed by atoms with van der Waals surface area (Å²) in [7, 11) is 1.66. The number of hydrogen-bond acceptors (Lipinski definition) is 4. The van der Waals surface area contributed by atoms with Crippen LogP contribution in [0.5, 0.6) is 0 Å². The Kier molecular flexibility index (Phi) is 4.51. The highest BCUT2D eigenvalue weighted by Gasteiger charge is 2.14. The molecule has 1 aromatic heterocycles. The first kappa shape index (κ1) is 15.0. The molecule has 114 valence electrons. The van der Waals surface area contributed by atoms with Crippen LogP contribution in [-0.2, 0) is 4.74 Å². The molecule has 0 aliphatic rings. The molecule has 0 saturated carbocycles.